The van der Waals surface area contributed by atoms with Crippen molar-refractivity contribution in [2.75, 3.05) is 18.5 Å². The fourth-order valence-corrected chi connectivity index (χ4v) is 4.48. The van der Waals surface area contributed by atoms with E-state index in [1.54, 1.807) is 25.2 Å². The Labute approximate surface area is 149 Å². The number of benzene rings is 1. The Morgan fingerprint density at radius 3 is 2.24 bits per heavy atom. The van der Waals surface area contributed by atoms with Crippen molar-refractivity contribution >= 4 is 20.1 Å². The Bertz CT molecular complexity index is 610. The van der Waals surface area contributed by atoms with E-state index in [0.717, 1.165) is 5.56 Å². The fourth-order valence-electron chi connectivity index (χ4n) is 2.78. The summed E-state index contributed by atoms with van der Waals surface area (Å²) >= 11 is 0. The molecule has 7 heteroatoms. The lowest BCUT2D eigenvalue weighted by molar-refractivity contribution is -0.139. The lowest BCUT2D eigenvalue weighted by Crippen LogP contribution is -2.42. The van der Waals surface area contributed by atoms with Crippen molar-refractivity contribution in [1.82, 2.24) is 0 Å². The van der Waals surface area contributed by atoms with Gasteiger partial charge in [0.1, 0.15) is 5.75 Å². The van der Waals surface area contributed by atoms with E-state index in [0.29, 0.717) is 18.7 Å². The maximum absolute atomic E-state index is 13.6. The van der Waals surface area contributed by atoms with Crippen molar-refractivity contribution in [3.05, 3.63) is 23.3 Å². The number of nitrogens with zero attached hydrogens (tertiary/aromatic N) is 2. The van der Waals surface area contributed by atoms with Crippen LogP contribution in [0.15, 0.2) is 17.1 Å². The van der Waals surface area contributed by atoms with E-state index in [2.05, 4.69) is 24.6 Å². The van der Waals surface area contributed by atoms with Gasteiger partial charge in [0.2, 0.25) is 0 Å². The lowest BCUT2D eigenvalue weighted by atomic mass is 10.1. The van der Waals surface area contributed by atoms with E-state index in [-0.39, 0.29) is 11.5 Å². The number of hydrogen-bond acceptors (Lipinski definition) is 2. The van der Waals surface area contributed by atoms with Crippen LogP contribution in [0.4, 0.5) is 18.9 Å². The van der Waals surface area contributed by atoms with E-state index in [9.17, 15) is 13.2 Å². The molecule has 0 saturated carbocycles. The van der Waals surface area contributed by atoms with Crippen molar-refractivity contribution in [3.8, 4) is 5.75 Å². The molecule has 1 atom stereocenters. The van der Waals surface area contributed by atoms with Crippen LogP contribution in [0.1, 0.15) is 31.4 Å². The van der Waals surface area contributed by atoms with Gasteiger partial charge < -0.3 is 9.64 Å². The van der Waals surface area contributed by atoms with Gasteiger partial charge in [-0.25, -0.2) is 0 Å². The molecule has 0 aliphatic carbocycles. The van der Waals surface area contributed by atoms with Gasteiger partial charge >= 0.3 is 6.18 Å². The van der Waals surface area contributed by atoms with Crippen molar-refractivity contribution in [3.63, 3.8) is 0 Å². The largest absolute Gasteiger partial charge is 0.494 e. The quantitative estimate of drug-likeness (QED) is 0.356. The van der Waals surface area contributed by atoms with Gasteiger partial charge in [-0.1, -0.05) is 26.6 Å². The molecule has 1 rings (SSSR count). The van der Waals surface area contributed by atoms with Crippen molar-refractivity contribution in [2.45, 2.75) is 58.7 Å². The zero-order valence-corrected chi connectivity index (χ0v) is 17.2. The molecule has 0 radical (unpaired) electrons. The SMILES string of the molecule is CCC(Oc1cc(C)c(N(C=NC)CC)cc1C(F)(F)F)[Si](C)(C)C. The summed E-state index contributed by atoms with van der Waals surface area (Å²) in [6.07, 6.45) is -2.24. The number of aliphatic imine (C=N–C) groups is 1. The molecular formula is C18H29F3N2OSi. The first-order valence-electron chi connectivity index (χ1n) is 8.53. The van der Waals surface area contributed by atoms with Crippen LogP contribution in [-0.2, 0) is 6.18 Å². The molecule has 0 bridgehead atoms. The van der Waals surface area contributed by atoms with Crippen LogP contribution in [0.2, 0.25) is 19.6 Å². The van der Waals surface area contributed by atoms with Crippen LogP contribution in [-0.4, -0.2) is 33.7 Å². The van der Waals surface area contributed by atoms with Gasteiger partial charge in [0, 0.05) is 19.3 Å². The van der Waals surface area contributed by atoms with Crippen molar-refractivity contribution in [2.24, 2.45) is 4.99 Å². The number of hydrogen-bond donors (Lipinski definition) is 0. The van der Waals surface area contributed by atoms with Crippen LogP contribution < -0.4 is 9.64 Å². The van der Waals surface area contributed by atoms with Crippen molar-refractivity contribution < 1.29 is 17.9 Å². The van der Waals surface area contributed by atoms with Gasteiger partial charge in [0.05, 0.1) is 25.7 Å². The van der Waals surface area contributed by atoms with Crippen molar-refractivity contribution in [1.29, 1.82) is 0 Å². The molecule has 0 aliphatic rings. The number of ether oxygens (including phenoxy) is 1. The summed E-state index contributed by atoms with van der Waals surface area (Å²) in [5.41, 5.74) is 0.329. The lowest BCUT2D eigenvalue weighted by Gasteiger charge is -2.31. The molecule has 142 valence electrons. The first-order chi connectivity index (χ1) is 11.5. The number of aryl methyl sites for hydroxylation is 1. The summed E-state index contributed by atoms with van der Waals surface area (Å²) in [5.74, 6) is -0.0764. The average molecular weight is 375 g/mol. The Balaban J connectivity index is 3.46. The molecule has 3 nitrogen and oxygen atoms in total. The minimum absolute atomic E-state index is 0.0764. The highest BCUT2D eigenvalue weighted by atomic mass is 28.3. The highest BCUT2D eigenvalue weighted by Gasteiger charge is 2.37. The Morgan fingerprint density at radius 1 is 1.24 bits per heavy atom. The second-order valence-electron chi connectivity index (χ2n) is 7.17. The first kappa shape index (κ1) is 21.5. The molecule has 0 aliphatic heterocycles. The van der Waals surface area contributed by atoms with Crippen LogP contribution in [0.25, 0.3) is 0 Å². The molecule has 0 saturated heterocycles. The summed E-state index contributed by atoms with van der Waals surface area (Å²) < 4.78 is 46.8. The first-order valence-corrected chi connectivity index (χ1v) is 12.1. The van der Waals surface area contributed by atoms with E-state index in [1.165, 1.54) is 12.1 Å². The zero-order chi connectivity index (χ0) is 19.4. The van der Waals surface area contributed by atoms with E-state index >= 15 is 0 Å². The third-order valence-corrected chi connectivity index (χ3v) is 6.57. The number of rotatable bonds is 7. The molecular weight excluding hydrogens is 345 g/mol. The minimum atomic E-state index is -4.47. The standard InChI is InChI=1S/C18H29F3N2OSi/c1-8-17(25(5,6)7)24-16-10-13(3)15(23(9-2)12-22-4)11-14(16)18(19,20)21/h10-12,17H,8-9H2,1-7H3. The highest BCUT2D eigenvalue weighted by molar-refractivity contribution is 6.77. The molecule has 0 amide bonds. The van der Waals surface area contributed by atoms with Gasteiger partial charge in [-0.2, -0.15) is 13.2 Å². The predicted octanol–water partition coefficient (Wildman–Crippen LogP) is 5.53. The summed E-state index contributed by atoms with van der Waals surface area (Å²) in [4.78, 5) is 5.63. The molecule has 0 fully saturated rings. The third kappa shape index (κ3) is 5.49. The van der Waals surface area contributed by atoms with E-state index in [4.69, 9.17) is 4.74 Å². The summed E-state index contributed by atoms with van der Waals surface area (Å²) in [6, 6.07) is 2.68. The summed E-state index contributed by atoms with van der Waals surface area (Å²) in [5, 5.41) is 0. The molecule has 1 unspecified atom stereocenters. The molecule has 0 aromatic heterocycles. The Morgan fingerprint density at radius 2 is 1.84 bits per heavy atom. The van der Waals surface area contributed by atoms with Gasteiger partial charge in [-0.15, -0.1) is 0 Å². The molecule has 0 heterocycles. The maximum Gasteiger partial charge on any atom is 0.420 e. The van der Waals surface area contributed by atoms with E-state index in [1.807, 2.05) is 13.8 Å². The van der Waals surface area contributed by atoms with Gasteiger partial charge in [-0.3, -0.25) is 4.99 Å². The van der Waals surface area contributed by atoms with Crippen LogP contribution >= 0.6 is 0 Å². The van der Waals surface area contributed by atoms with Crippen LogP contribution in [0.5, 0.6) is 5.75 Å². The molecule has 25 heavy (non-hydrogen) atoms. The highest BCUT2D eigenvalue weighted by Crippen LogP contribution is 2.41. The number of anilines is 1. The second kappa shape index (κ2) is 8.25. The fraction of sp³-hybridized carbons (Fsp3) is 0.611. The smallest absolute Gasteiger partial charge is 0.420 e. The third-order valence-electron chi connectivity index (χ3n) is 4.11. The van der Waals surface area contributed by atoms with Gasteiger partial charge in [0.15, 0.2) is 0 Å². The summed E-state index contributed by atoms with van der Waals surface area (Å²) in [6.45, 7) is 12.5. The molecule has 1 aromatic rings. The van der Waals surface area contributed by atoms with Crippen LogP contribution in [0.3, 0.4) is 0 Å². The predicted molar refractivity (Wildman–Crippen MR) is 102 cm³/mol. The van der Waals surface area contributed by atoms with Gasteiger partial charge in [-0.05, 0) is 38.0 Å². The molecule has 0 N–H and O–H groups in total. The van der Waals surface area contributed by atoms with Crippen LogP contribution in [0, 0.1) is 6.92 Å². The molecule has 0 spiro atoms. The minimum Gasteiger partial charge on any atom is -0.494 e. The molecule has 1 aromatic carbocycles. The normalized spacial score (nSPS) is 14.0. The van der Waals surface area contributed by atoms with E-state index < -0.39 is 19.8 Å². The Hall–Kier alpha value is -1.50. The zero-order valence-electron chi connectivity index (χ0n) is 16.2. The Kier molecular flexibility index (Phi) is 7.11. The number of alkyl halides is 3. The van der Waals surface area contributed by atoms with Gasteiger partial charge in [0.25, 0.3) is 0 Å². The number of halogens is 3. The maximum atomic E-state index is 13.6. The second-order valence-corrected chi connectivity index (χ2v) is 12.5. The summed E-state index contributed by atoms with van der Waals surface area (Å²) in [7, 11) is -0.148. The monoisotopic (exact) mass is 374 g/mol. The topological polar surface area (TPSA) is 24.8 Å². The average Bonchev–Trinajstić information content (AvgIpc) is 2.48.